The molecule has 0 atom stereocenters. The topological polar surface area (TPSA) is 85.7 Å². The Morgan fingerprint density at radius 3 is 1.35 bits per heavy atom. The van der Waals surface area contributed by atoms with Gasteiger partial charge in [0.25, 0.3) is 0 Å². The summed E-state index contributed by atoms with van der Waals surface area (Å²) in [4.78, 5) is 0. The highest BCUT2D eigenvalue weighted by molar-refractivity contribution is 7.93. The number of aromatic nitrogens is 4. The molecule has 0 radical (unpaired) electrons. The van der Waals surface area contributed by atoms with Gasteiger partial charge in [0.05, 0.1) is 11.4 Å². The van der Waals surface area contributed by atoms with Gasteiger partial charge in [0.15, 0.2) is 20.1 Å². The van der Waals surface area contributed by atoms with E-state index in [4.69, 9.17) is 23.2 Å². The maximum atomic E-state index is 13.2. The van der Waals surface area contributed by atoms with Crippen LogP contribution < -0.4 is 0 Å². The fourth-order valence-corrected chi connectivity index (χ4v) is 4.43. The van der Waals surface area contributed by atoms with Crippen LogP contribution in [-0.4, -0.2) is 28.8 Å². The van der Waals surface area contributed by atoms with Crippen molar-refractivity contribution >= 4 is 33.0 Å². The third kappa shape index (κ3) is 3.05. The number of hydrogen-bond acceptors (Lipinski definition) is 6. The highest BCUT2D eigenvalue weighted by Crippen LogP contribution is 2.41. The molecule has 0 spiro atoms. The van der Waals surface area contributed by atoms with Gasteiger partial charge in [-0.05, 0) is 52.0 Å². The third-order valence-corrected chi connectivity index (χ3v) is 7.35. The van der Waals surface area contributed by atoms with E-state index >= 15 is 0 Å². The third-order valence-electron chi connectivity index (χ3n) is 3.84. The molecule has 0 saturated heterocycles. The molecule has 124 valence electrons. The molecule has 2 rings (SSSR count). The molecule has 0 amide bonds. The van der Waals surface area contributed by atoms with Crippen molar-refractivity contribution in [3.05, 3.63) is 46.0 Å². The monoisotopic (exact) mass is 374 g/mol. The highest BCUT2D eigenvalue weighted by atomic mass is 35.5. The number of sulfone groups is 1. The summed E-state index contributed by atoms with van der Waals surface area (Å²) in [5.74, 6) is 0. The van der Waals surface area contributed by atoms with Crippen molar-refractivity contribution in [3.63, 3.8) is 0 Å². The first kappa shape index (κ1) is 18.0. The lowest BCUT2D eigenvalue weighted by Gasteiger charge is -2.33. The van der Waals surface area contributed by atoms with Gasteiger partial charge >= 0.3 is 0 Å². The molecule has 0 aliphatic rings. The summed E-state index contributed by atoms with van der Waals surface area (Å²) < 4.78 is 23.9. The molecule has 0 aliphatic heterocycles. The van der Waals surface area contributed by atoms with Gasteiger partial charge < -0.3 is 0 Å². The summed E-state index contributed by atoms with van der Waals surface area (Å²) in [7, 11) is -3.76. The van der Waals surface area contributed by atoms with Gasteiger partial charge in [-0.3, -0.25) is 0 Å². The van der Waals surface area contributed by atoms with Crippen LogP contribution in [0.15, 0.2) is 24.3 Å². The van der Waals surface area contributed by atoms with Crippen LogP contribution in [0.1, 0.15) is 39.1 Å². The minimum absolute atomic E-state index is 0.199. The van der Waals surface area contributed by atoms with E-state index in [1.807, 2.05) is 0 Å². The molecule has 0 aromatic carbocycles. The lowest BCUT2D eigenvalue weighted by molar-refractivity contribution is 0.503. The number of rotatable bonds is 4. The molecule has 9 heteroatoms. The van der Waals surface area contributed by atoms with Crippen molar-refractivity contribution in [2.24, 2.45) is 0 Å². The molecule has 0 aliphatic carbocycles. The SMILES string of the molecule is CC(C)(c1ccc(Cl)nn1)S(=O)(=O)C(C)(C)c1ccc(Cl)nn1. The first-order valence-electron chi connectivity index (χ1n) is 6.74. The van der Waals surface area contributed by atoms with Gasteiger partial charge in [-0.2, -0.15) is 10.2 Å². The van der Waals surface area contributed by atoms with Crippen LogP contribution in [0, 0.1) is 0 Å². The van der Waals surface area contributed by atoms with Gasteiger partial charge in [-0.1, -0.05) is 23.2 Å². The predicted molar refractivity (Wildman–Crippen MR) is 89.1 cm³/mol. The molecule has 0 saturated carbocycles. The van der Waals surface area contributed by atoms with Crippen LogP contribution in [-0.2, 0) is 19.3 Å². The smallest absolute Gasteiger partial charge is 0.172 e. The summed E-state index contributed by atoms with van der Waals surface area (Å²) in [6.45, 7) is 6.30. The fourth-order valence-electron chi connectivity index (χ4n) is 2.19. The molecule has 2 heterocycles. The maximum absolute atomic E-state index is 13.2. The molecule has 6 nitrogen and oxygen atoms in total. The minimum Gasteiger partial charge on any atom is -0.227 e. The Hall–Kier alpha value is -1.31. The molecule has 0 bridgehead atoms. The van der Waals surface area contributed by atoms with E-state index in [1.54, 1.807) is 39.8 Å². The van der Waals surface area contributed by atoms with Crippen molar-refractivity contribution < 1.29 is 8.42 Å². The van der Waals surface area contributed by atoms with Crippen LogP contribution in [0.3, 0.4) is 0 Å². The lowest BCUT2D eigenvalue weighted by Crippen LogP contribution is -2.43. The Morgan fingerprint density at radius 2 is 1.09 bits per heavy atom. The number of nitrogens with zero attached hydrogens (tertiary/aromatic N) is 4. The standard InChI is InChI=1S/C14H16Cl2N4O2S/c1-13(2,9-5-7-11(15)19-17-9)23(21,22)14(3,4)10-6-8-12(16)20-18-10/h5-8H,1-4H3. The highest BCUT2D eigenvalue weighted by Gasteiger charge is 2.50. The molecular formula is C14H16Cl2N4O2S. The van der Waals surface area contributed by atoms with E-state index in [1.165, 1.54) is 12.1 Å². The molecule has 0 unspecified atom stereocenters. The van der Waals surface area contributed by atoms with E-state index in [2.05, 4.69) is 20.4 Å². The Balaban J connectivity index is 2.54. The summed E-state index contributed by atoms with van der Waals surface area (Å²) in [6.07, 6.45) is 0. The van der Waals surface area contributed by atoms with Gasteiger partial charge in [-0.25, -0.2) is 8.42 Å². The summed E-state index contributed by atoms with van der Waals surface area (Å²) >= 11 is 11.4. The van der Waals surface area contributed by atoms with Crippen molar-refractivity contribution in [2.45, 2.75) is 37.2 Å². The summed E-state index contributed by atoms with van der Waals surface area (Å²) in [5.41, 5.74) is 0.605. The van der Waals surface area contributed by atoms with E-state index in [0.717, 1.165) is 0 Å². The van der Waals surface area contributed by atoms with E-state index in [-0.39, 0.29) is 10.3 Å². The van der Waals surface area contributed by atoms with Crippen molar-refractivity contribution in [3.8, 4) is 0 Å². The zero-order chi connectivity index (χ0) is 17.5. The van der Waals surface area contributed by atoms with E-state index in [9.17, 15) is 8.42 Å². The Bertz CT molecular complexity index is 740. The summed E-state index contributed by atoms with van der Waals surface area (Å²) in [6, 6.07) is 6.12. The van der Waals surface area contributed by atoms with Crippen molar-refractivity contribution in [2.75, 3.05) is 0 Å². The maximum Gasteiger partial charge on any atom is 0.172 e. The van der Waals surface area contributed by atoms with Gasteiger partial charge in [0, 0.05) is 0 Å². The number of halogens is 2. The molecular weight excluding hydrogens is 359 g/mol. The molecule has 2 aromatic rings. The predicted octanol–water partition coefficient (Wildman–Crippen LogP) is 3.16. The Morgan fingerprint density at radius 1 is 0.739 bits per heavy atom. The van der Waals surface area contributed by atoms with Crippen LogP contribution in [0.4, 0.5) is 0 Å². The van der Waals surface area contributed by atoms with Crippen LogP contribution in [0.25, 0.3) is 0 Å². The molecule has 2 aromatic heterocycles. The lowest BCUT2D eigenvalue weighted by atomic mass is 10.1. The average molecular weight is 375 g/mol. The largest absolute Gasteiger partial charge is 0.227 e. The molecule has 23 heavy (non-hydrogen) atoms. The normalized spacial score (nSPS) is 13.1. The zero-order valence-corrected chi connectivity index (χ0v) is 15.4. The molecule has 0 fully saturated rings. The summed E-state index contributed by atoms with van der Waals surface area (Å²) in [5, 5.41) is 15.7. The first-order chi connectivity index (χ1) is 10.5. The van der Waals surface area contributed by atoms with Gasteiger partial charge in [0.1, 0.15) is 9.49 Å². The van der Waals surface area contributed by atoms with Gasteiger partial charge in [0.2, 0.25) is 0 Å². The average Bonchev–Trinajstić information content (AvgIpc) is 2.47. The fraction of sp³-hybridized carbons (Fsp3) is 0.429. The van der Waals surface area contributed by atoms with Crippen molar-refractivity contribution in [1.82, 2.24) is 20.4 Å². The minimum atomic E-state index is -3.76. The van der Waals surface area contributed by atoms with Gasteiger partial charge in [-0.15, -0.1) is 10.2 Å². The second kappa shape index (κ2) is 5.96. The van der Waals surface area contributed by atoms with Crippen LogP contribution >= 0.6 is 23.2 Å². The Labute approximate surface area is 145 Å². The van der Waals surface area contributed by atoms with Crippen LogP contribution in [0.5, 0.6) is 0 Å². The van der Waals surface area contributed by atoms with E-state index in [0.29, 0.717) is 11.4 Å². The van der Waals surface area contributed by atoms with E-state index < -0.39 is 19.3 Å². The second-order valence-electron chi connectivity index (χ2n) is 6.01. The zero-order valence-electron chi connectivity index (χ0n) is 13.1. The molecule has 0 N–H and O–H groups in total. The number of hydrogen-bond donors (Lipinski definition) is 0. The Kier molecular flexibility index (Phi) is 4.67. The van der Waals surface area contributed by atoms with Crippen LogP contribution in [0.2, 0.25) is 10.3 Å². The quantitative estimate of drug-likeness (QED) is 0.816. The first-order valence-corrected chi connectivity index (χ1v) is 8.97. The van der Waals surface area contributed by atoms with Crippen molar-refractivity contribution in [1.29, 1.82) is 0 Å². The second-order valence-corrected chi connectivity index (χ2v) is 9.83.